The molecule has 0 aromatic heterocycles. The van der Waals surface area contributed by atoms with Gasteiger partial charge in [-0.05, 0) is 25.5 Å². The molecule has 1 aromatic carbocycles. The SMILES string of the molecule is CCCCCCCCCCCCCC(C)Nc1ccccc1. The van der Waals surface area contributed by atoms with Gasteiger partial charge in [0.2, 0.25) is 0 Å². The highest BCUT2D eigenvalue weighted by Crippen LogP contribution is 2.14. The molecule has 0 aliphatic carbocycles. The molecule has 126 valence electrons. The average molecular weight is 304 g/mol. The summed E-state index contributed by atoms with van der Waals surface area (Å²) in [6.07, 6.45) is 16.9. The van der Waals surface area contributed by atoms with E-state index < -0.39 is 0 Å². The third-order valence-corrected chi connectivity index (χ3v) is 4.43. The van der Waals surface area contributed by atoms with Crippen LogP contribution >= 0.6 is 0 Å². The van der Waals surface area contributed by atoms with Gasteiger partial charge in [-0.25, -0.2) is 0 Å². The Morgan fingerprint density at radius 1 is 0.727 bits per heavy atom. The predicted octanol–water partition coefficient (Wildman–Crippen LogP) is 7.19. The van der Waals surface area contributed by atoms with Gasteiger partial charge in [0.05, 0.1) is 0 Å². The van der Waals surface area contributed by atoms with Gasteiger partial charge in [-0.2, -0.15) is 0 Å². The van der Waals surface area contributed by atoms with Gasteiger partial charge in [-0.15, -0.1) is 0 Å². The van der Waals surface area contributed by atoms with Crippen LogP contribution in [0.5, 0.6) is 0 Å². The molecule has 0 bridgehead atoms. The second kappa shape index (κ2) is 13.7. The lowest BCUT2D eigenvalue weighted by atomic mass is 10.0. The van der Waals surface area contributed by atoms with E-state index in [2.05, 4.69) is 49.5 Å². The fraction of sp³-hybridized carbons (Fsp3) is 0.714. The molecule has 1 aromatic rings. The molecule has 0 aliphatic rings. The Labute approximate surface area is 138 Å². The fourth-order valence-electron chi connectivity index (χ4n) is 3.01. The summed E-state index contributed by atoms with van der Waals surface area (Å²) in [5.41, 5.74) is 1.25. The van der Waals surface area contributed by atoms with E-state index >= 15 is 0 Å². The Bertz CT molecular complexity index is 333. The number of nitrogens with one attached hydrogen (secondary N) is 1. The molecule has 0 heterocycles. The smallest absolute Gasteiger partial charge is 0.0342 e. The Kier molecular flexibility index (Phi) is 11.8. The predicted molar refractivity (Wildman–Crippen MR) is 101 cm³/mol. The summed E-state index contributed by atoms with van der Waals surface area (Å²) in [5, 5.41) is 3.58. The first-order chi connectivity index (χ1) is 10.8. The molecule has 1 N–H and O–H groups in total. The van der Waals surface area contributed by atoms with Gasteiger partial charge >= 0.3 is 0 Å². The number of unbranched alkanes of at least 4 members (excludes halogenated alkanes) is 10. The van der Waals surface area contributed by atoms with Crippen LogP contribution in [0.4, 0.5) is 5.69 Å². The van der Waals surface area contributed by atoms with E-state index in [1.165, 1.54) is 82.7 Å². The van der Waals surface area contributed by atoms with Crippen molar-refractivity contribution < 1.29 is 0 Å². The number of rotatable bonds is 14. The fourth-order valence-corrected chi connectivity index (χ4v) is 3.01. The van der Waals surface area contributed by atoms with Crippen LogP contribution in [0.3, 0.4) is 0 Å². The van der Waals surface area contributed by atoms with Crippen molar-refractivity contribution in [3.05, 3.63) is 30.3 Å². The molecule has 22 heavy (non-hydrogen) atoms. The zero-order valence-corrected chi connectivity index (χ0v) is 14.9. The third kappa shape index (κ3) is 10.7. The first kappa shape index (κ1) is 19.1. The van der Waals surface area contributed by atoms with Crippen molar-refractivity contribution in [3.63, 3.8) is 0 Å². The van der Waals surface area contributed by atoms with Crippen molar-refractivity contribution in [2.24, 2.45) is 0 Å². The van der Waals surface area contributed by atoms with Gasteiger partial charge in [0.25, 0.3) is 0 Å². The number of benzene rings is 1. The van der Waals surface area contributed by atoms with Crippen LogP contribution in [0, 0.1) is 0 Å². The maximum atomic E-state index is 3.58. The van der Waals surface area contributed by atoms with E-state index in [0.29, 0.717) is 6.04 Å². The van der Waals surface area contributed by atoms with Crippen LogP contribution in [-0.2, 0) is 0 Å². The monoisotopic (exact) mass is 303 g/mol. The van der Waals surface area contributed by atoms with E-state index in [1.807, 2.05) is 0 Å². The number of hydrogen-bond acceptors (Lipinski definition) is 1. The third-order valence-electron chi connectivity index (χ3n) is 4.43. The second-order valence-electron chi connectivity index (χ2n) is 6.74. The van der Waals surface area contributed by atoms with Crippen molar-refractivity contribution in [2.75, 3.05) is 5.32 Å². The van der Waals surface area contributed by atoms with Gasteiger partial charge in [-0.1, -0.05) is 95.8 Å². The summed E-state index contributed by atoms with van der Waals surface area (Å²) in [6.45, 7) is 4.58. The molecule has 0 spiro atoms. The summed E-state index contributed by atoms with van der Waals surface area (Å²) in [7, 11) is 0. The zero-order chi connectivity index (χ0) is 15.9. The summed E-state index contributed by atoms with van der Waals surface area (Å²) in [4.78, 5) is 0. The van der Waals surface area contributed by atoms with Gasteiger partial charge in [0.15, 0.2) is 0 Å². The molecule has 1 nitrogen and oxygen atoms in total. The van der Waals surface area contributed by atoms with E-state index in [9.17, 15) is 0 Å². The van der Waals surface area contributed by atoms with Crippen molar-refractivity contribution in [1.82, 2.24) is 0 Å². The molecule has 1 atom stereocenters. The van der Waals surface area contributed by atoms with Gasteiger partial charge < -0.3 is 5.32 Å². The highest BCUT2D eigenvalue weighted by Gasteiger charge is 2.01. The molecule has 0 amide bonds. The van der Waals surface area contributed by atoms with Gasteiger partial charge in [0.1, 0.15) is 0 Å². The molecule has 0 radical (unpaired) electrons. The minimum absolute atomic E-state index is 0.584. The normalized spacial score (nSPS) is 12.3. The quantitative estimate of drug-likeness (QED) is 0.359. The molecule has 0 fully saturated rings. The summed E-state index contributed by atoms with van der Waals surface area (Å²) >= 11 is 0. The van der Waals surface area contributed by atoms with Crippen LogP contribution in [0.2, 0.25) is 0 Å². The molecule has 0 saturated carbocycles. The largest absolute Gasteiger partial charge is 0.383 e. The first-order valence-electron chi connectivity index (χ1n) is 9.64. The number of hydrogen-bond donors (Lipinski definition) is 1. The van der Waals surface area contributed by atoms with Crippen molar-refractivity contribution in [2.45, 2.75) is 96.9 Å². The van der Waals surface area contributed by atoms with Crippen LogP contribution in [0.25, 0.3) is 0 Å². The second-order valence-corrected chi connectivity index (χ2v) is 6.74. The standard InChI is InChI=1S/C21H37N/c1-3-4-5-6-7-8-9-10-11-12-14-17-20(2)22-21-18-15-13-16-19-21/h13,15-16,18-20,22H,3-12,14,17H2,1-2H3. The maximum Gasteiger partial charge on any atom is 0.0342 e. The summed E-state index contributed by atoms with van der Waals surface area (Å²) in [6, 6.07) is 11.1. The molecule has 0 saturated heterocycles. The minimum atomic E-state index is 0.584. The van der Waals surface area contributed by atoms with Crippen molar-refractivity contribution >= 4 is 5.69 Å². The molecular weight excluding hydrogens is 266 g/mol. The molecular formula is C21H37N. The van der Waals surface area contributed by atoms with Crippen LogP contribution in [-0.4, -0.2) is 6.04 Å². The Balaban J connectivity index is 1.85. The van der Waals surface area contributed by atoms with E-state index in [4.69, 9.17) is 0 Å². The Hall–Kier alpha value is -0.980. The molecule has 1 heteroatoms. The summed E-state index contributed by atoms with van der Waals surface area (Å²) in [5.74, 6) is 0. The average Bonchev–Trinajstić information content (AvgIpc) is 2.53. The number of para-hydroxylation sites is 1. The van der Waals surface area contributed by atoms with Crippen LogP contribution in [0.15, 0.2) is 30.3 Å². The van der Waals surface area contributed by atoms with Crippen LogP contribution < -0.4 is 5.32 Å². The maximum absolute atomic E-state index is 3.58. The topological polar surface area (TPSA) is 12.0 Å². The zero-order valence-electron chi connectivity index (χ0n) is 14.9. The lowest BCUT2D eigenvalue weighted by Gasteiger charge is -2.15. The lowest BCUT2D eigenvalue weighted by molar-refractivity contribution is 0.536. The van der Waals surface area contributed by atoms with Gasteiger partial charge in [-0.3, -0.25) is 0 Å². The molecule has 1 unspecified atom stereocenters. The highest BCUT2D eigenvalue weighted by atomic mass is 14.9. The minimum Gasteiger partial charge on any atom is -0.383 e. The lowest BCUT2D eigenvalue weighted by Crippen LogP contribution is -2.14. The molecule has 0 aliphatic heterocycles. The first-order valence-corrected chi connectivity index (χ1v) is 9.64. The Morgan fingerprint density at radius 3 is 1.77 bits per heavy atom. The summed E-state index contributed by atoms with van der Waals surface area (Å²) < 4.78 is 0. The van der Waals surface area contributed by atoms with E-state index in [-0.39, 0.29) is 0 Å². The Morgan fingerprint density at radius 2 is 1.23 bits per heavy atom. The van der Waals surface area contributed by atoms with Crippen molar-refractivity contribution in [3.8, 4) is 0 Å². The highest BCUT2D eigenvalue weighted by molar-refractivity contribution is 5.43. The number of anilines is 1. The molecule has 1 rings (SSSR count). The van der Waals surface area contributed by atoms with Crippen molar-refractivity contribution in [1.29, 1.82) is 0 Å². The van der Waals surface area contributed by atoms with Gasteiger partial charge in [0, 0.05) is 11.7 Å². The van der Waals surface area contributed by atoms with Crippen LogP contribution in [0.1, 0.15) is 90.9 Å². The van der Waals surface area contributed by atoms with E-state index in [0.717, 1.165) is 0 Å². The van der Waals surface area contributed by atoms with E-state index in [1.54, 1.807) is 0 Å².